The largest absolute Gasteiger partial charge is 0.459 e. The van der Waals surface area contributed by atoms with Crippen molar-refractivity contribution in [2.24, 2.45) is 0 Å². The van der Waals surface area contributed by atoms with Crippen LogP contribution < -0.4 is 25.6 Å². The second-order valence-electron chi connectivity index (χ2n) is 16.8. The van der Waals surface area contributed by atoms with E-state index in [9.17, 15) is 23.5 Å². The zero-order valence-corrected chi connectivity index (χ0v) is 40.2. The predicted molar refractivity (Wildman–Crippen MR) is 255 cm³/mol. The van der Waals surface area contributed by atoms with E-state index in [-0.39, 0.29) is 43.0 Å². The smallest absolute Gasteiger partial charge is 0.459 e. The van der Waals surface area contributed by atoms with E-state index in [1.165, 1.54) is 18.3 Å². The van der Waals surface area contributed by atoms with Gasteiger partial charge in [-0.3, -0.25) is 23.5 Å². The summed E-state index contributed by atoms with van der Waals surface area (Å²) in [6.45, 7) is 11.4. The summed E-state index contributed by atoms with van der Waals surface area (Å²) >= 11 is 1.33. The summed E-state index contributed by atoms with van der Waals surface area (Å²) in [4.78, 5) is 44.5. The number of benzene rings is 3. The number of amides is 1. The van der Waals surface area contributed by atoms with Crippen molar-refractivity contribution in [2.75, 3.05) is 52.1 Å². The maximum Gasteiger partial charge on any atom is 0.459 e. The molecule has 0 aliphatic rings. The topological polar surface area (TPSA) is 198 Å². The number of pyridine rings is 1. The summed E-state index contributed by atoms with van der Waals surface area (Å²) in [6.07, 6.45) is 6.95. The van der Waals surface area contributed by atoms with E-state index in [1.807, 2.05) is 44.6 Å². The minimum absolute atomic E-state index is 0.0142. The van der Waals surface area contributed by atoms with Gasteiger partial charge in [0.25, 0.3) is 11.5 Å². The summed E-state index contributed by atoms with van der Waals surface area (Å²) < 4.78 is 51.4. The number of rotatable bonds is 22. The van der Waals surface area contributed by atoms with Crippen molar-refractivity contribution in [1.29, 1.82) is 0 Å². The Bertz CT molecular complexity index is 2620. The van der Waals surface area contributed by atoms with Gasteiger partial charge in [0.1, 0.15) is 22.1 Å². The van der Waals surface area contributed by atoms with E-state index in [1.54, 1.807) is 51.1 Å². The SMILES string of the molecule is C#CP(=O)(Nc1ccc(C(=O)NCCCCCOP(=O)(NC(C)C(=O)OC(C)(C)C)Oc2cc(C)c3[nH]c(=O)c4sccc4c3c2-c2ccc([C@@H](C)CN(C)C)cc2)cc1)OCCO. The molecule has 0 fully saturated rings. The molecule has 2 heterocycles. The molecule has 344 valence electrons. The zero-order valence-electron chi connectivity index (χ0n) is 37.6. The van der Waals surface area contributed by atoms with E-state index in [0.717, 1.165) is 28.4 Å². The lowest BCUT2D eigenvalue weighted by atomic mass is 9.93. The number of hydrogen-bond donors (Lipinski definition) is 5. The standard InChI is InChI=1S/C46H59N5O10P2S/c1-10-62(56,58-26-24-52)50-36-20-18-35(19-21-36)43(53)47-23-12-11-13-25-59-63(57,49-32(4)45(55)60-46(5,6)7)61-38-28-30(2)41-40(37-22-27-64-42(37)44(54)48-41)39(38)34-16-14-33(15-17-34)31(3)29-51(8)9/h1,14-22,27-28,31-32,52H,11-13,23-26,29H2,2-9H3,(H,47,53)(H,48,54)(H,49,57)(H,50,56)/t31-,32?,62?,63?/m0/s1. The minimum atomic E-state index is -4.34. The number of unbranched alkanes of at least 4 members (excludes halogenated alkanes) is 2. The van der Waals surface area contributed by atoms with Gasteiger partial charge < -0.3 is 39.2 Å². The molecule has 5 N–H and O–H groups in total. The normalized spacial score (nSPS) is 14.6. The molecule has 0 saturated heterocycles. The molecule has 0 radical (unpaired) electrons. The maximum atomic E-state index is 15.0. The van der Waals surface area contributed by atoms with Gasteiger partial charge in [-0.1, -0.05) is 31.2 Å². The summed E-state index contributed by atoms with van der Waals surface area (Å²) in [7, 11) is -3.93. The number of aliphatic hydroxyl groups excluding tert-OH is 1. The highest BCUT2D eigenvalue weighted by Gasteiger charge is 2.35. The number of terminal acetylenes is 1. The Morgan fingerprint density at radius 1 is 0.984 bits per heavy atom. The second kappa shape index (κ2) is 21.9. The first-order valence-electron chi connectivity index (χ1n) is 21.0. The zero-order chi connectivity index (χ0) is 46.8. The highest BCUT2D eigenvalue weighted by Crippen LogP contribution is 2.51. The molecule has 64 heavy (non-hydrogen) atoms. The quantitative estimate of drug-likeness (QED) is 0.0191. The molecule has 0 bridgehead atoms. The highest BCUT2D eigenvalue weighted by atomic mass is 32.1. The Labute approximate surface area is 378 Å². The third-order valence-electron chi connectivity index (χ3n) is 9.93. The first kappa shape index (κ1) is 50.2. The third kappa shape index (κ3) is 13.4. The maximum absolute atomic E-state index is 15.0. The molecule has 0 aliphatic heterocycles. The van der Waals surface area contributed by atoms with Crippen LogP contribution in [0.4, 0.5) is 5.69 Å². The van der Waals surface area contributed by atoms with Crippen molar-refractivity contribution in [3.63, 3.8) is 0 Å². The van der Waals surface area contributed by atoms with Gasteiger partial charge in [0.05, 0.1) is 25.3 Å². The number of thiophene rings is 1. The molecule has 18 heteroatoms. The first-order chi connectivity index (χ1) is 30.2. The fourth-order valence-electron chi connectivity index (χ4n) is 6.99. The van der Waals surface area contributed by atoms with E-state index in [4.69, 9.17) is 29.8 Å². The molecule has 3 aromatic carbocycles. The summed E-state index contributed by atoms with van der Waals surface area (Å²) in [5.74, 6) is -0.476. The van der Waals surface area contributed by atoms with Crippen LogP contribution >= 0.6 is 26.6 Å². The van der Waals surface area contributed by atoms with Crippen molar-refractivity contribution in [3.8, 4) is 29.0 Å². The van der Waals surface area contributed by atoms with Crippen LogP contribution in [0.5, 0.6) is 5.75 Å². The van der Waals surface area contributed by atoms with Gasteiger partial charge >= 0.3 is 21.2 Å². The molecule has 5 aromatic rings. The van der Waals surface area contributed by atoms with Gasteiger partial charge in [0.2, 0.25) is 0 Å². The van der Waals surface area contributed by atoms with E-state index in [2.05, 4.69) is 50.1 Å². The van der Waals surface area contributed by atoms with Gasteiger partial charge in [-0.05, 0) is 132 Å². The number of nitrogens with zero attached hydrogens (tertiary/aromatic N) is 1. The molecule has 0 saturated carbocycles. The summed E-state index contributed by atoms with van der Waals surface area (Å²) in [6, 6.07) is 16.8. The van der Waals surface area contributed by atoms with Crippen molar-refractivity contribution in [1.82, 2.24) is 20.3 Å². The Kier molecular flexibility index (Phi) is 17.2. The monoisotopic (exact) mass is 935 g/mol. The lowest BCUT2D eigenvalue weighted by Gasteiger charge is -2.27. The molecule has 2 aromatic heterocycles. The minimum Gasteiger partial charge on any atom is -0.459 e. The Balaban J connectivity index is 1.35. The molecule has 3 unspecified atom stereocenters. The van der Waals surface area contributed by atoms with Crippen LogP contribution in [0.25, 0.3) is 32.1 Å². The summed E-state index contributed by atoms with van der Waals surface area (Å²) in [5.41, 5.74) is 5.62. The van der Waals surface area contributed by atoms with Crippen molar-refractivity contribution in [3.05, 3.63) is 93.1 Å². The lowest BCUT2D eigenvalue weighted by molar-refractivity contribution is -0.156. The average Bonchev–Trinajstić information content (AvgIpc) is 3.74. The van der Waals surface area contributed by atoms with Gasteiger partial charge in [-0.15, -0.1) is 17.8 Å². The Morgan fingerprint density at radius 3 is 2.33 bits per heavy atom. The predicted octanol–water partition coefficient (Wildman–Crippen LogP) is 9.01. The molecule has 5 rings (SSSR count). The van der Waals surface area contributed by atoms with Crippen LogP contribution in [0.15, 0.2) is 70.8 Å². The molecule has 0 aliphatic carbocycles. The Morgan fingerprint density at radius 2 is 1.69 bits per heavy atom. The van der Waals surface area contributed by atoms with E-state index < -0.39 is 32.9 Å². The molecule has 0 spiro atoms. The number of ether oxygens (including phenoxy) is 1. The lowest BCUT2D eigenvalue weighted by Crippen LogP contribution is -2.38. The van der Waals surface area contributed by atoms with Crippen molar-refractivity contribution in [2.45, 2.75) is 78.4 Å². The van der Waals surface area contributed by atoms with Crippen LogP contribution in [-0.4, -0.2) is 85.5 Å². The molecule has 4 atom stereocenters. The number of aliphatic hydroxyl groups is 1. The van der Waals surface area contributed by atoms with Crippen LogP contribution in [0.1, 0.15) is 81.3 Å². The number of nitrogens with one attached hydrogen (secondary N) is 4. The Hall–Kier alpha value is -4.81. The van der Waals surface area contributed by atoms with Crippen LogP contribution in [-0.2, 0) is 27.7 Å². The number of carbonyl (C=O) groups is 2. The molecule has 1 amide bonds. The second-order valence-corrected chi connectivity index (χ2v) is 21.2. The number of anilines is 1. The van der Waals surface area contributed by atoms with E-state index in [0.29, 0.717) is 58.4 Å². The third-order valence-corrected chi connectivity index (χ3v) is 13.9. The van der Waals surface area contributed by atoms with E-state index >= 15 is 0 Å². The van der Waals surface area contributed by atoms with Gasteiger partial charge in [-0.2, -0.15) is 5.09 Å². The van der Waals surface area contributed by atoms with Crippen molar-refractivity contribution >= 4 is 65.2 Å². The van der Waals surface area contributed by atoms with Gasteiger partial charge in [0, 0.05) is 46.3 Å². The number of esters is 1. The van der Waals surface area contributed by atoms with Crippen LogP contribution in [0.2, 0.25) is 0 Å². The first-order valence-corrected chi connectivity index (χ1v) is 25.1. The molecule has 15 nitrogen and oxygen atoms in total. The number of aromatic nitrogens is 1. The van der Waals surface area contributed by atoms with Gasteiger partial charge in [0.15, 0.2) is 0 Å². The number of carbonyl (C=O) groups excluding carboxylic acids is 2. The number of likely N-dealkylation sites (N-methyl/N-ethyl adjacent to an activating group) is 1. The number of hydrogen-bond acceptors (Lipinski definition) is 12. The van der Waals surface area contributed by atoms with Crippen LogP contribution in [0.3, 0.4) is 0 Å². The number of aromatic amines is 1. The molecular weight excluding hydrogens is 877 g/mol. The van der Waals surface area contributed by atoms with Crippen molar-refractivity contribution < 1.29 is 42.1 Å². The number of H-pyrrole nitrogens is 1. The average molecular weight is 936 g/mol. The summed E-state index contributed by atoms with van der Waals surface area (Å²) in [5, 5.41) is 20.6. The fraction of sp³-hybridized carbons (Fsp3) is 0.413. The van der Waals surface area contributed by atoms with Crippen LogP contribution in [0, 0.1) is 19.0 Å². The molecular formula is C46H59N5O10P2S. The number of fused-ring (bicyclic) bond motifs is 3. The fourth-order valence-corrected chi connectivity index (χ4v) is 10.3. The number of aryl methyl sites for hydroxylation is 1. The van der Waals surface area contributed by atoms with Gasteiger partial charge in [-0.25, -0.2) is 4.57 Å². The highest BCUT2D eigenvalue weighted by molar-refractivity contribution is 7.65.